The predicted octanol–water partition coefficient (Wildman–Crippen LogP) is 0.682. The van der Waals surface area contributed by atoms with E-state index in [0.717, 1.165) is 0 Å². The summed E-state index contributed by atoms with van der Waals surface area (Å²) in [6.45, 7) is 6.90. The van der Waals surface area contributed by atoms with Crippen LogP contribution in [0.1, 0.15) is 34.1 Å². The van der Waals surface area contributed by atoms with E-state index in [1.807, 2.05) is 20.8 Å². The van der Waals surface area contributed by atoms with E-state index >= 15 is 0 Å². The van der Waals surface area contributed by atoms with E-state index in [0.29, 0.717) is 6.42 Å². The topological polar surface area (TPSA) is 76.0 Å². The first-order valence-corrected chi connectivity index (χ1v) is 5.32. The van der Waals surface area contributed by atoms with Gasteiger partial charge >= 0.3 is 5.97 Å². The van der Waals surface area contributed by atoms with Gasteiger partial charge in [-0.15, -0.1) is 0 Å². The van der Waals surface area contributed by atoms with Gasteiger partial charge in [0, 0.05) is 6.92 Å². The molecule has 2 atom stereocenters. The summed E-state index contributed by atoms with van der Waals surface area (Å²) in [5.41, 5.74) is -0.00541. The van der Waals surface area contributed by atoms with Crippen LogP contribution >= 0.6 is 0 Å². The average molecular weight is 234 g/mol. The maximum absolute atomic E-state index is 10.5. The molecule has 0 bridgehead atoms. The molecule has 2 unspecified atom stereocenters. The third-order valence-corrected chi connectivity index (χ3v) is 1.82. The Morgan fingerprint density at radius 1 is 1.38 bits per heavy atom. The molecule has 0 spiro atoms. The van der Waals surface area contributed by atoms with Crippen molar-refractivity contribution in [2.24, 2.45) is 5.41 Å². The number of hydrogen-bond donors (Lipinski definition) is 2. The van der Waals surface area contributed by atoms with Crippen LogP contribution in [0.3, 0.4) is 0 Å². The third-order valence-electron chi connectivity index (χ3n) is 1.82. The number of carbonyl (C=O) groups excluding carboxylic acids is 1. The Hall–Kier alpha value is -0.650. The van der Waals surface area contributed by atoms with E-state index < -0.39 is 18.4 Å². The van der Waals surface area contributed by atoms with Crippen molar-refractivity contribution in [2.45, 2.75) is 46.5 Å². The molecule has 0 aromatic carbocycles. The summed E-state index contributed by atoms with van der Waals surface area (Å²) in [4.78, 5) is 10.5. The average Bonchev–Trinajstić information content (AvgIpc) is 2.11. The van der Waals surface area contributed by atoms with Gasteiger partial charge in [0.1, 0.15) is 6.61 Å². The minimum Gasteiger partial charge on any atom is -0.460 e. The van der Waals surface area contributed by atoms with Crippen LogP contribution in [0.5, 0.6) is 0 Å². The first-order valence-electron chi connectivity index (χ1n) is 5.32. The monoisotopic (exact) mass is 234 g/mol. The van der Waals surface area contributed by atoms with Gasteiger partial charge in [0.05, 0.1) is 12.7 Å². The lowest BCUT2D eigenvalue weighted by Gasteiger charge is -2.26. The predicted molar refractivity (Wildman–Crippen MR) is 58.7 cm³/mol. The standard InChI is InChI=1S/C11H22O5/c1-8(13)15-7-10(14)16-9(6-12)5-11(2,3)4/h9-10,12,14H,5-7H2,1-4H3. The molecule has 0 amide bonds. The van der Waals surface area contributed by atoms with Gasteiger partial charge in [-0.05, 0) is 11.8 Å². The Bertz CT molecular complexity index is 209. The fourth-order valence-corrected chi connectivity index (χ4v) is 1.29. The van der Waals surface area contributed by atoms with E-state index in [-0.39, 0.29) is 18.6 Å². The summed E-state index contributed by atoms with van der Waals surface area (Å²) in [6.07, 6.45) is -1.03. The summed E-state index contributed by atoms with van der Waals surface area (Å²) in [7, 11) is 0. The number of esters is 1. The van der Waals surface area contributed by atoms with Crippen LogP contribution in [-0.2, 0) is 14.3 Å². The zero-order chi connectivity index (χ0) is 12.8. The van der Waals surface area contributed by atoms with Gasteiger partial charge in [0.25, 0.3) is 0 Å². The maximum atomic E-state index is 10.5. The lowest BCUT2D eigenvalue weighted by molar-refractivity contribution is -0.186. The molecule has 16 heavy (non-hydrogen) atoms. The first kappa shape index (κ1) is 15.3. The number of carbonyl (C=O) groups is 1. The maximum Gasteiger partial charge on any atom is 0.302 e. The SMILES string of the molecule is CC(=O)OCC(O)OC(CO)CC(C)(C)C. The molecule has 0 aliphatic carbocycles. The highest BCUT2D eigenvalue weighted by Crippen LogP contribution is 2.22. The molecule has 5 heteroatoms. The van der Waals surface area contributed by atoms with Crippen molar-refractivity contribution in [3.8, 4) is 0 Å². The molecule has 0 aromatic heterocycles. The lowest BCUT2D eigenvalue weighted by Crippen LogP contribution is -2.32. The van der Waals surface area contributed by atoms with Gasteiger partial charge in [-0.1, -0.05) is 20.8 Å². The Morgan fingerprint density at radius 2 is 1.94 bits per heavy atom. The van der Waals surface area contributed by atoms with Gasteiger partial charge < -0.3 is 19.7 Å². The van der Waals surface area contributed by atoms with Crippen LogP contribution in [0.25, 0.3) is 0 Å². The molecule has 0 heterocycles. The minimum atomic E-state index is -1.19. The molecule has 2 N–H and O–H groups in total. The van der Waals surface area contributed by atoms with Gasteiger partial charge in [-0.2, -0.15) is 0 Å². The zero-order valence-electron chi connectivity index (χ0n) is 10.4. The van der Waals surface area contributed by atoms with Crippen molar-refractivity contribution in [1.82, 2.24) is 0 Å². The summed E-state index contributed by atoms with van der Waals surface area (Å²) in [5, 5.41) is 18.5. The Kier molecular flexibility index (Phi) is 6.55. The summed E-state index contributed by atoms with van der Waals surface area (Å²) in [5.74, 6) is -0.473. The van der Waals surface area contributed by atoms with Crippen molar-refractivity contribution in [2.75, 3.05) is 13.2 Å². The van der Waals surface area contributed by atoms with Gasteiger partial charge in [0.15, 0.2) is 6.29 Å². The Morgan fingerprint density at radius 3 is 2.31 bits per heavy atom. The van der Waals surface area contributed by atoms with Crippen LogP contribution in [0.4, 0.5) is 0 Å². The molecule has 0 radical (unpaired) electrons. The van der Waals surface area contributed by atoms with Gasteiger partial charge in [0.2, 0.25) is 0 Å². The molecule has 0 saturated carbocycles. The van der Waals surface area contributed by atoms with Crippen LogP contribution in [0.2, 0.25) is 0 Å². The first-order chi connectivity index (χ1) is 7.24. The Labute approximate surface area is 96.4 Å². The van der Waals surface area contributed by atoms with Crippen molar-refractivity contribution in [3.05, 3.63) is 0 Å². The van der Waals surface area contributed by atoms with Crippen molar-refractivity contribution in [3.63, 3.8) is 0 Å². The number of hydrogen-bond acceptors (Lipinski definition) is 5. The van der Waals surface area contributed by atoms with E-state index in [1.54, 1.807) is 0 Å². The van der Waals surface area contributed by atoms with E-state index in [9.17, 15) is 9.90 Å². The fourth-order valence-electron chi connectivity index (χ4n) is 1.29. The number of ether oxygens (including phenoxy) is 2. The number of aliphatic hydroxyl groups excluding tert-OH is 2. The van der Waals surface area contributed by atoms with Crippen LogP contribution < -0.4 is 0 Å². The van der Waals surface area contributed by atoms with Gasteiger partial charge in [-0.25, -0.2) is 0 Å². The highest BCUT2D eigenvalue weighted by atomic mass is 16.6. The van der Waals surface area contributed by atoms with Crippen LogP contribution in [0.15, 0.2) is 0 Å². The highest BCUT2D eigenvalue weighted by molar-refractivity contribution is 5.65. The molecule has 96 valence electrons. The lowest BCUT2D eigenvalue weighted by atomic mass is 9.89. The second-order valence-corrected chi connectivity index (χ2v) is 4.96. The summed E-state index contributed by atoms with van der Waals surface area (Å²) < 4.78 is 9.74. The van der Waals surface area contributed by atoms with Crippen LogP contribution in [-0.4, -0.2) is 41.8 Å². The second-order valence-electron chi connectivity index (χ2n) is 4.96. The molecular weight excluding hydrogens is 212 g/mol. The fraction of sp³-hybridized carbons (Fsp3) is 0.909. The molecule has 0 rings (SSSR count). The molecular formula is C11H22O5. The van der Waals surface area contributed by atoms with Crippen molar-refractivity contribution >= 4 is 5.97 Å². The van der Waals surface area contributed by atoms with E-state index in [1.165, 1.54) is 6.92 Å². The quantitative estimate of drug-likeness (QED) is 0.522. The second kappa shape index (κ2) is 6.83. The van der Waals surface area contributed by atoms with E-state index in [4.69, 9.17) is 9.84 Å². The van der Waals surface area contributed by atoms with Crippen LogP contribution in [0, 0.1) is 5.41 Å². The largest absolute Gasteiger partial charge is 0.460 e. The third kappa shape index (κ3) is 8.64. The zero-order valence-corrected chi connectivity index (χ0v) is 10.4. The molecule has 0 saturated heterocycles. The molecule has 0 aromatic rings. The number of aliphatic hydroxyl groups is 2. The van der Waals surface area contributed by atoms with Gasteiger partial charge in [-0.3, -0.25) is 4.79 Å². The smallest absolute Gasteiger partial charge is 0.302 e. The molecule has 0 aliphatic heterocycles. The highest BCUT2D eigenvalue weighted by Gasteiger charge is 2.21. The molecule has 0 fully saturated rings. The Balaban J connectivity index is 3.97. The van der Waals surface area contributed by atoms with E-state index in [2.05, 4.69) is 4.74 Å². The van der Waals surface area contributed by atoms with Crippen molar-refractivity contribution in [1.29, 1.82) is 0 Å². The minimum absolute atomic E-state index is 0.00541. The summed E-state index contributed by atoms with van der Waals surface area (Å²) in [6, 6.07) is 0. The molecule has 0 aliphatic rings. The number of rotatable bonds is 6. The normalized spacial score (nSPS) is 15.6. The van der Waals surface area contributed by atoms with Crippen molar-refractivity contribution < 1.29 is 24.5 Å². The summed E-state index contributed by atoms with van der Waals surface area (Å²) >= 11 is 0. The molecule has 5 nitrogen and oxygen atoms in total.